The van der Waals surface area contributed by atoms with E-state index in [1.807, 2.05) is 18.2 Å². The molecule has 0 aliphatic heterocycles. The molecule has 0 aromatic heterocycles. The van der Waals surface area contributed by atoms with Crippen LogP contribution >= 0.6 is 0 Å². The minimum absolute atomic E-state index is 0.00410. The van der Waals surface area contributed by atoms with E-state index in [1.165, 1.54) is 18.2 Å². The van der Waals surface area contributed by atoms with Crippen molar-refractivity contribution < 1.29 is 19.4 Å². The third-order valence-electron chi connectivity index (χ3n) is 2.79. The van der Waals surface area contributed by atoms with E-state index in [0.717, 1.165) is 0 Å². The fourth-order valence-corrected chi connectivity index (χ4v) is 1.72. The van der Waals surface area contributed by atoms with Crippen LogP contribution in [0.1, 0.15) is 17.3 Å². The van der Waals surface area contributed by atoms with E-state index in [2.05, 4.69) is 5.32 Å². The molecule has 0 unspecified atom stereocenters. The first-order chi connectivity index (χ1) is 10.1. The molecule has 0 aliphatic rings. The van der Waals surface area contributed by atoms with Gasteiger partial charge in [0.05, 0.1) is 5.97 Å². The highest BCUT2D eigenvalue weighted by atomic mass is 16.5. The number of carboxylic acid groups (broad SMARTS) is 1. The summed E-state index contributed by atoms with van der Waals surface area (Å²) in [4.78, 5) is 22.8. The predicted molar refractivity (Wildman–Crippen MR) is 75.9 cm³/mol. The molecular weight excluding hydrogens is 270 g/mol. The van der Waals surface area contributed by atoms with Gasteiger partial charge in [0.2, 0.25) is 0 Å². The van der Waals surface area contributed by atoms with Gasteiger partial charge < -0.3 is 20.0 Å². The van der Waals surface area contributed by atoms with Gasteiger partial charge in [-0.3, -0.25) is 4.79 Å². The second-order valence-corrected chi connectivity index (χ2v) is 4.43. The van der Waals surface area contributed by atoms with Crippen LogP contribution in [0.2, 0.25) is 0 Å². The average molecular weight is 284 g/mol. The van der Waals surface area contributed by atoms with Gasteiger partial charge in [0, 0.05) is 5.69 Å². The van der Waals surface area contributed by atoms with Crippen molar-refractivity contribution >= 4 is 17.6 Å². The number of carbonyl (C=O) groups excluding carboxylic acids is 2. The summed E-state index contributed by atoms with van der Waals surface area (Å²) in [6, 6.07) is 14.8. The molecule has 0 bridgehead atoms. The molecule has 1 amide bonds. The van der Waals surface area contributed by atoms with Crippen molar-refractivity contribution in [2.24, 2.45) is 0 Å². The van der Waals surface area contributed by atoms with Crippen molar-refractivity contribution in [3.63, 3.8) is 0 Å². The molecule has 0 fully saturated rings. The Kier molecular flexibility index (Phi) is 4.56. The van der Waals surface area contributed by atoms with Gasteiger partial charge in [-0.15, -0.1) is 0 Å². The van der Waals surface area contributed by atoms with E-state index in [9.17, 15) is 14.7 Å². The Bertz CT molecular complexity index is 640. The average Bonchev–Trinajstić information content (AvgIpc) is 2.48. The molecule has 108 valence electrons. The van der Waals surface area contributed by atoms with Gasteiger partial charge in [0.15, 0.2) is 6.10 Å². The van der Waals surface area contributed by atoms with Crippen LogP contribution in [0.4, 0.5) is 5.69 Å². The number of amides is 1. The standard InChI is InChI=1S/C16H15NO4/c1-11(21-14-8-3-2-4-9-14)15(18)17-13-7-5-6-12(10-13)16(19)20/h2-11H,1H3,(H,17,18)(H,19,20)/p-1/t11-/m1/s1. The molecule has 1 N–H and O–H groups in total. The van der Waals surface area contributed by atoms with Crippen LogP contribution in [-0.4, -0.2) is 18.0 Å². The van der Waals surface area contributed by atoms with Crippen LogP contribution in [0.25, 0.3) is 0 Å². The first-order valence-corrected chi connectivity index (χ1v) is 6.40. The number of benzene rings is 2. The third kappa shape index (κ3) is 4.07. The van der Waals surface area contributed by atoms with Crippen molar-refractivity contribution in [1.29, 1.82) is 0 Å². The summed E-state index contributed by atoms with van der Waals surface area (Å²) >= 11 is 0. The van der Waals surface area contributed by atoms with E-state index in [4.69, 9.17) is 4.74 Å². The molecule has 5 heteroatoms. The van der Waals surface area contributed by atoms with Crippen molar-refractivity contribution in [3.8, 4) is 5.75 Å². The normalized spacial score (nSPS) is 11.5. The van der Waals surface area contributed by atoms with Gasteiger partial charge in [-0.1, -0.05) is 30.3 Å². The highest BCUT2D eigenvalue weighted by molar-refractivity contribution is 5.95. The van der Waals surface area contributed by atoms with E-state index in [1.54, 1.807) is 25.1 Å². The number of anilines is 1. The predicted octanol–water partition coefficient (Wildman–Crippen LogP) is 1.46. The number of hydrogen-bond acceptors (Lipinski definition) is 4. The lowest BCUT2D eigenvalue weighted by Crippen LogP contribution is -2.30. The summed E-state index contributed by atoms with van der Waals surface area (Å²) in [5.74, 6) is -1.07. The maximum absolute atomic E-state index is 12.0. The third-order valence-corrected chi connectivity index (χ3v) is 2.79. The Hall–Kier alpha value is -2.82. The Morgan fingerprint density at radius 3 is 2.48 bits per heavy atom. The summed E-state index contributed by atoms with van der Waals surface area (Å²) in [5, 5.41) is 13.4. The second kappa shape index (κ2) is 6.56. The Balaban J connectivity index is 2.00. The van der Waals surface area contributed by atoms with Crippen molar-refractivity contribution in [3.05, 3.63) is 60.2 Å². The quantitative estimate of drug-likeness (QED) is 0.901. The van der Waals surface area contributed by atoms with Crippen LogP contribution in [-0.2, 0) is 4.79 Å². The molecule has 0 heterocycles. The minimum Gasteiger partial charge on any atom is -0.545 e. The zero-order valence-electron chi connectivity index (χ0n) is 11.4. The molecule has 0 radical (unpaired) electrons. The second-order valence-electron chi connectivity index (χ2n) is 4.43. The number of para-hydroxylation sites is 1. The summed E-state index contributed by atoms with van der Waals surface area (Å²) < 4.78 is 5.49. The molecule has 2 rings (SSSR count). The van der Waals surface area contributed by atoms with Crippen molar-refractivity contribution in [2.45, 2.75) is 13.0 Å². The van der Waals surface area contributed by atoms with E-state index < -0.39 is 12.1 Å². The van der Waals surface area contributed by atoms with Gasteiger partial charge in [0.1, 0.15) is 5.75 Å². The number of ether oxygens (including phenoxy) is 1. The van der Waals surface area contributed by atoms with Gasteiger partial charge in [-0.05, 0) is 36.8 Å². The molecule has 1 atom stereocenters. The van der Waals surface area contributed by atoms with Crippen LogP contribution < -0.4 is 15.2 Å². The number of carboxylic acids is 1. The lowest BCUT2D eigenvalue weighted by molar-refractivity contribution is -0.255. The summed E-state index contributed by atoms with van der Waals surface area (Å²) in [5.41, 5.74) is 0.384. The SMILES string of the molecule is C[C@@H](Oc1ccccc1)C(=O)Nc1cccc(C(=O)[O-])c1. The number of rotatable bonds is 5. The molecule has 0 aliphatic carbocycles. The molecule has 2 aromatic rings. The number of nitrogens with one attached hydrogen (secondary N) is 1. The first kappa shape index (κ1) is 14.6. The highest BCUT2D eigenvalue weighted by Gasteiger charge is 2.14. The summed E-state index contributed by atoms with van der Waals surface area (Å²) in [6.45, 7) is 1.62. The fraction of sp³-hybridized carbons (Fsp3) is 0.125. The number of carbonyl (C=O) groups is 2. The maximum Gasteiger partial charge on any atom is 0.265 e. The topological polar surface area (TPSA) is 78.5 Å². The maximum atomic E-state index is 12.0. The molecule has 0 saturated carbocycles. The minimum atomic E-state index is -1.29. The number of hydrogen-bond donors (Lipinski definition) is 1. The molecule has 5 nitrogen and oxygen atoms in total. The van der Waals surface area contributed by atoms with Gasteiger partial charge in [-0.2, -0.15) is 0 Å². The Labute approximate surface area is 122 Å². The zero-order valence-corrected chi connectivity index (χ0v) is 11.4. The summed E-state index contributed by atoms with van der Waals surface area (Å²) in [6.07, 6.45) is -0.709. The van der Waals surface area contributed by atoms with Crippen LogP contribution in [0.15, 0.2) is 54.6 Å². The van der Waals surface area contributed by atoms with Gasteiger partial charge >= 0.3 is 0 Å². The van der Waals surface area contributed by atoms with Crippen molar-refractivity contribution in [1.82, 2.24) is 0 Å². The summed E-state index contributed by atoms with van der Waals surface area (Å²) in [7, 11) is 0. The smallest absolute Gasteiger partial charge is 0.265 e. The van der Waals surface area contributed by atoms with Crippen LogP contribution in [0.3, 0.4) is 0 Å². The van der Waals surface area contributed by atoms with Crippen molar-refractivity contribution in [2.75, 3.05) is 5.32 Å². The monoisotopic (exact) mass is 284 g/mol. The Morgan fingerprint density at radius 1 is 1.10 bits per heavy atom. The largest absolute Gasteiger partial charge is 0.545 e. The lowest BCUT2D eigenvalue weighted by Gasteiger charge is -2.15. The van der Waals surface area contributed by atoms with Gasteiger partial charge in [-0.25, -0.2) is 0 Å². The lowest BCUT2D eigenvalue weighted by atomic mass is 10.2. The zero-order chi connectivity index (χ0) is 15.2. The first-order valence-electron chi connectivity index (χ1n) is 6.40. The molecular formula is C16H14NO4-. The molecule has 0 saturated heterocycles. The van der Waals surface area contributed by atoms with Gasteiger partial charge in [0.25, 0.3) is 5.91 Å². The highest BCUT2D eigenvalue weighted by Crippen LogP contribution is 2.14. The van der Waals surface area contributed by atoms with Crippen LogP contribution in [0.5, 0.6) is 5.75 Å². The van der Waals surface area contributed by atoms with E-state index in [-0.39, 0.29) is 11.5 Å². The molecule has 21 heavy (non-hydrogen) atoms. The number of aromatic carboxylic acids is 1. The van der Waals surface area contributed by atoms with E-state index in [0.29, 0.717) is 11.4 Å². The fourth-order valence-electron chi connectivity index (χ4n) is 1.72. The molecule has 2 aromatic carbocycles. The van der Waals surface area contributed by atoms with Crippen LogP contribution in [0, 0.1) is 0 Å². The van der Waals surface area contributed by atoms with E-state index >= 15 is 0 Å². The molecule has 0 spiro atoms. The Morgan fingerprint density at radius 2 is 1.81 bits per heavy atom.